The highest BCUT2D eigenvalue weighted by atomic mass is 79.9. The molecule has 0 aliphatic carbocycles. The van der Waals surface area contributed by atoms with Crippen molar-refractivity contribution in [3.8, 4) is 11.3 Å². The van der Waals surface area contributed by atoms with Crippen LogP contribution in [0.3, 0.4) is 0 Å². The quantitative estimate of drug-likeness (QED) is 0.899. The molecule has 2 aromatic heterocycles. The van der Waals surface area contributed by atoms with Crippen LogP contribution in [0.25, 0.3) is 11.3 Å². The molecule has 0 atom stereocenters. The zero-order chi connectivity index (χ0) is 11.0. The molecule has 0 saturated carbocycles. The highest BCUT2D eigenvalue weighted by Crippen LogP contribution is 2.20. The Labute approximate surface area is 101 Å². The fourth-order valence-corrected chi connectivity index (χ4v) is 1.96. The van der Waals surface area contributed by atoms with Crippen LogP contribution in [0, 0.1) is 0 Å². The molecule has 0 aromatic carbocycles. The summed E-state index contributed by atoms with van der Waals surface area (Å²) in [7, 11) is 0. The van der Waals surface area contributed by atoms with Crippen LogP contribution in [0.5, 0.6) is 0 Å². The van der Waals surface area contributed by atoms with E-state index in [0.717, 1.165) is 28.8 Å². The monoisotopic (exact) mass is 279 g/mol. The SMILES string of the molecule is Brc1cncc(-c2cn(C3CNC3)nn2)c1. The van der Waals surface area contributed by atoms with Gasteiger partial charge in [-0.3, -0.25) is 4.98 Å². The minimum absolute atomic E-state index is 0.446. The van der Waals surface area contributed by atoms with Crippen molar-refractivity contribution < 1.29 is 0 Å². The number of rotatable bonds is 2. The number of hydrogen-bond donors (Lipinski definition) is 1. The molecule has 2 aromatic rings. The number of halogens is 1. The van der Waals surface area contributed by atoms with Gasteiger partial charge in [-0.05, 0) is 22.0 Å². The zero-order valence-corrected chi connectivity index (χ0v) is 10.1. The van der Waals surface area contributed by atoms with Gasteiger partial charge in [0.15, 0.2) is 0 Å². The van der Waals surface area contributed by atoms with E-state index >= 15 is 0 Å². The van der Waals surface area contributed by atoms with Crippen molar-refractivity contribution in [2.45, 2.75) is 6.04 Å². The Bertz CT molecular complexity index is 505. The summed E-state index contributed by atoms with van der Waals surface area (Å²) in [4.78, 5) is 4.11. The third-order valence-electron chi connectivity index (χ3n) is 2.64. The Kier molecular flexibility index (Phi) is 2.45. The number of nitrogens with one attached hydrogen (secondary N) is 1. The van der Waals surface area contributed by atoms with E-state index in [4.69, 9.17) is 0 Å². The van der Waals surface area contributed by atoms with Crippen molar-refractivity contribution in [1.82, 2.24) is 25.3 Å². The first-order chi connectivity index (χ1) is 7.83. The van der Waals surface area contributed by atoms with E-state index in [9.17, 15) is 0 Å². The second-order valence-corrected chi connectivity index (χ2v) is 4.70. The number of nitrogens with zero attached hydrogens (tertiary/aromatic N) is 4. The van der Waals surface area contributed by atoms with E-state index in [-0.39, 0.29) is 0 Å². The maximum absolute atomic E-state index is 4.15. The smallest absolute Gasteiger partial charge is 0.114 e. The Morgan fingerprint density at radius 2 is 2.25 bits per heavy atom. The molecule has 0 amide bonds. The Morgan fingerprint density at radius 1 is 1.38 bits per heavy atom. The van der Waals surface area contributed by atoms with Gasteiger partial charge in [-0.15, -0.1) is 5.10 Å². The van der Waals surface area contributed by atoms with E-state index in [2.05, 4.69) is 36.5 Å². The zero-order valence-electron chi connectivity index (χ0n) is 8.47. The summed E-state index contributed by atoms with van der Waals surface area (Å²) in [6.07, 6.45) is 5.51. The normalized spacial score (nSPS) is 16.1. The van der Waals surface area contributed by atoms with Crippen molar-refractivity contribution in [2.24, 2.45) is 0 Å². The van der Waals surface area contributed by atoms with Crippen LogP contribution in [-0.2, 0) is 0 Å². The summed E-state index contributed by atoms with van der Waals surface area (Å²) in [6, 6.07) is 2.43. The van der Waals surface area contributed by atoms with E-state index in [1.165, 1.54) is 0 Å². The second-order valence-electron chi connectivity index (χ2n) is 3.79. The molecule has 1 saturated heterocycles. The molecule has 3 rings (SSSR count). The molecule has 0 bridgehead atoms. The summed E-state index contributed by atoms with van der Waals surface area (Å²) in [5.74, 6) is 0. The van der Waals surface area contributed by atoms with Crippen molar-refractivity contribution in [3.63, 3.8) is 0 Å². The third kappa shape index (κ3) is 1.74. The molecule has 3 heterocycles. The molecule has 1 N–H and O–H groups in total. The van der Waals surface area contributed by atoms with Crippen LogP contribution in [-0.4, -0.2) is 33.1 Å². The maximum atomic E-state index is 4.15. The van der Waals surface area contributed by atoms with Crippen molar-refractivity contribution in [3.05, 3.63) is 29.1 Å². The van der Waals surface area contributed by atoms with Crippen molar-refractivity contribution in [2.75, 3.05) is 13.1 Å². The van der Waals surface area contributed by atoms with E-state index in [0.29, 0.717) is 6.04 Å². The lowest BCUT2D eigenvalue weighted by Gasteiger charge is -2.26. The average molecular weight is 280 g/mol. The van der Waals surface area contributed by atoms with Crippen LogP contribution < -0.4 is 5.32 Å². The fourth-order valence-electron chi connectivity index (χ4n) is 1.60. The van der Waals surface area contributed by atoms with Crippen LogP contribution in [0.1, 0.15) is 6.04 Å². The number of aromatic nitrogens is 4. The van der Waals surface area contributed by atoms with Gasteiger partial charge in [0.25, 0.3) is 0 Å². The van der Waals surface area contributed by atoms with E-state index in [1.807, 2.05) is 16.9 Å². The highest BCUT2D eigenvalue weighted by Gasteiger charge is 2.20. The van der Waals surface area contributed by atoms with Crippen LogP contribution in [0.4, 0.5) is 0 Å². The van der Waals surface area contributed by atoms with E-state index < -0.39 is 0 Å². The molecule has 82 valence electrons. The summed E-state index contributed by atoms with van der Waals surface area (Å²) in [5.41, 5.74) is 1.84. The Balaban J connectivity index is 1.91. The van der Waals surface area contributed by atoms with Gasteiger partial charge in [0.2, 0.25) is 0 Å². The van der Waals surface area contributed by atoms with Gasteiger partial charge in [0.1, 0.15) is 5.69 Å². The first-order valence-electron chi connectivity index (χ1n) is 5.06. The number of pyridine rings is 1. The summed E-state index contributed by atoms with van der Waals surface area (Å²) < 4.78 is 2.86. The molecule has 0 spiro atoms. The van der Waals surface area contributed by atoms with Gasteiger partial charge in [0, 0.05) is 35.5 Å². The second kappa shape index (κ2) is 3.95. The summed E-state index contributed by atoms with van der Waals surface area (Å²) in [5, 5.41) is 11.5. The lowest BCUT2D eigenvalue weighted by molar-refractivity contribution is 0.313. The molecule has 5 nitrogen and oxygen atoms in total. The minimum atomic E-state index is 0.446. The molecule has 0 radical (unpaired) electrons. The van der Waals surface area contributed by atoms with Crippen LogP contribution in [0.2, 0.25) is 0 Å². The highest BCUT2D eigenvalue weighted by molar-refractivity contribution is 9.10. The van der Waals surface area contributed by atoms with Gasteiger partial charge in [-0.1, -0.05) is 5.21 Å². The predicted octanol–water partition coefficient (Wildman–Crippen LogP) is 1.25. The van der Waals surface area contributed by atoms with E-state index in [1.54, 1.807) is 12.4 Å². The number of hydrogen-bond acceptors (Lipinski definition) is 4. The standard InChI is InChI=1S/C10H10BrN5/c11-8-1-7(2-12-3-8)10-6-16(15-14-10)9-4-13-5-9/h1-3,6,9,13H,4-5H2. The van der Waals surface area contributed by atoms with Gasteiger partial charge in [0.05, 0.1) is 12.2 Å². The van der Waals surface area contributed by atoms with Crippen LogP contribution in [0.15, 0.2) is 29.1 Å². The molecule has 16 heavy (non-hydrogen) atoms. The molecule has 1 aliphatic heterocycles. The average Bonchev–Trinajstić information content (AvgIpc) is 2.64. The largest absolute Gasteiger partial charge is 0.312 e. The predicted molar refractivity (Wildman–Crippen MR) is 62.9 cm³/mol. The minimum Gasteiger partial charge on any atom is -0.312 e. The molecular formula is C10H10BrN5. The van der Waals surface area contributed by atoms with Crippen molar-refractivity contribution >= 4 is 15.9 Å². The lowest BCUT2D eigenvalue weighted by Crippen LogP contribution is -2.43. The molecule has 1 fully saturated rings. The Hall–Kier alpha value is -1.27. The fraction of sp³-hybridized carbons (Fsp3) is 0.300. The van der Waals surface area contributed by atoms with Gasteiger partial charge >= 0.3 is 0 Å². The molecule has 6 heteroatoms. The van der Waals surface area contributed by atoms with Crippen molar-refractivity contribution in [1.29, 1.82) is 0 Å². The molecular weight excluding hydrogens is 270 g/mol. The van der Waals surface area contributed by atoms with Gasteiger partial charge < -0.3 is 5.32 Å². The maximum Gasteiger partial charge on any atom is 0.114 e. The summed E-state index contributed by atoms with van der Waals surface area (Å²) >= 11 is 3.39. The molecule has 1 aliphatic rings. The Morgan fingerprint density at radius 3 is 2.94 bits per heavy atom. The van der Waals surface area contributed by atoms with Crippen LogP contribution >= 0.6 is 15.9 Å². The first-order valence-corrected chi connectivity index (χ1v) is 5.86. The third-order valence-corrected chi connectivity index (χ3v) is 3.08. The molecule has 0 unspecified atom stereocenters. The first kappa shape index (κ1) is 9.92. The topological polar surface area (TPSA) is 55.6 Å². The summed E-state index contributed by atoms with van der Waals surface area (Å²) in [6.45, 7) is 1.94. The lowest BCUT2D eigenvalue weighted by atomic mass is 10.2. The van der Waals surface area contributed by atoms with Gasteiger partial charge in [-0.2, -0.15) is 0 Å². The van der Waals surface area contributed by atoms with Gasteiger partial charge in [-0.25, -0.2) is 4.68 Å².